The molecule has 0 spiro atoms. The molecule has 1 aliphatic heterocycles. The Kier molecular flexibility index (Phi) is 6.21. The maximum Gasteiger partial charge on any atom is 0.0935 e. The Bertz CT molecular complexity index is 558. The minimum absolute atomic E-state index is 0.157. The van der Waals surface area contributed by atoms with Gasteiger partial charge in [0.2, 0.25) is 0 Å². The monoisotopic (exact) mass is 311 g/mol. The molecule has 1 saturated heterocycles. The highest BCUT2D eigenvalue weighted by atomic mass is 16.5. The van der Waals surface area contributed by atoms with Crippen LogP contribution in [0.4, 0.5) is 0 Å². The summed E-state index contributed by atoms with van der Waals surface area (Å²) in [6, 6.07) is 20.9. The standard InChI is InChI=1S/C20H25NO2/c1-3-8-18(9-4-1)14-21-12-7-13-23-20(15-21)17-22-16-19-10-5-2-6-11-19/h1-6,8-11,20H,7,12-17H2/t20-/m0/s1. The lowest BCUT2D eigenvalue weighted by Crippen LogP contribution is -2.34. The molecule has 0 radical (unpaired) electrons. The molecule has 0 aliphatic carbocycles. The predicted molar refractivity (Wildman–Crippen MR) is 92.2 cm³/mol. The van der Waals surface area contributed by atoms with Crippen LogP contribution in [-0.4, -0.2) is 37.3 Å². The van der Waals surface area contributed by atoms with Crippen molar-refractivity contribution in [1.29, 1.82) is 0 Å². The highest BCUT2D eigenvalue weighted by molar-refractivity contribution is 5.14. The number of hydrogen-bond donors (Lipinski definition) is 0. The van der Waals surface area contributed by atoms with Crippen molar-refractivity contribution in [3.8, 4) is 0 Å². The Morgan fingerprint density at radius 1 is 0.957 bits per heavy atom. The van der Waals surface area contributed by atoms with Crippen molar-refractivity contribution in [2.24, 2.45) is 0 Å². The van der Waals surface area contributed by atoms with Crippen LogP contribution in [0.1, 0.15) is 17.5 Å². The van der Waals surface area contributed by atoms with Crippen LogP contribution in [0.15, 0.2) is 60.7 Å². The van der Waals surface area contributed by atoms with Crippen LogP contribution in [0.5, 0.6) is 0 Å². The fourth-order valence-electron chi connectivity index (χ4n) is 2.94. The van der Waals surface area contributed by atoms with Gasteiger partial charge in [-0.2, -0.15) is 0 Å². The minimum atomic E-state index is 0.157. The maximum atomic E-state index is 5.94. The topological polar surface area (TPSA) is 21.7 Å². The zero-order valence-corrected chi connectivity index (χ0v) is 13.6. The van der Waals surface area contributed by atoms with Gasteiger partial charge in [0.1, 0.15) is 0 Å². The predicted octanol–water partition coefficient (Wildman–Crippen LogP) is 3.49. The van der Waals surface area contributed by atoms with Crippen LogP contribution in [0.3, 0.4) is 0 Å². The molecule has 1 aliphatic rings. The van der Waals surface area contributed by atoms with Crippen molar-refractivity contribution in [3.05, 3.63) is 71.8 Å². The van der Waals surface area contributed by atoms with E-state index in [-0.39, 0.29) is 6.10 Å². The van der Waals surface area contributed by atoms with Gasteiger partial charge in [0.25, 0.3) is 0 Å². The molecule has 23 heavy (non-hydrogen) atoms. The average molecular weight is 311 g/mol. The van der Waals surface area contributed by atoms with E-state index in [2.05, 4.69) is 47.4 Å². The Balaban J connectivity index is 1.47. The molecule has 1 fully saturated rings. The zero-order chi connectivity index (χ0) is 15.7. The van der Waals surface area contributed by atoms with Gasteiger partial charge < -0.3 is 9.47 Å². The molecule has 3 rings (SSSR count). The summed E-state index contributed by atoms with van der Waals surface area (Å²) in [5, 5.41) is 0. The summed E-state index contributed by atoms with van der Waals surface area (Å²) >= 11 is 0. The molecule has 1 heterocycles. The lowest BCUT2D eigenvalue weighted by Gasteiger charge is -2.23. The minimum Gasteiger partial charge on any atom is -0.374 e. The van der Waals surface area contributed by atoms with Gasteiger partial charge in [-0.05, 0) is 17.5 Å². The summed E-state index contributed by atoms with van der Waals surface area (Å²) in [5.74, 6) is 0. The Labute approximate surface area is 138 Å². The van der Waals surface area contributed by atoms with Gasteiger partial charge in [0, 0.05) is 26.2 Å². The molecule has 0 aromatic heterocycles. The van der Waals surface area contributed by atoms with Crippen molar-refractivity contribution in [2.45, 2.75) is 25.7 Å². The highest BCUT2D eigenvalue weighted by Crippen LogP contribution is 2.12. The van der Waals surface area contributed by atoms with Crippen LogP contribution in [0.2, 0.25) is 0 Å². The first-order valence-corrected chi connectivity index (χ1v) is 8.40. The van der Waals surface area contributed by atoms with Gasteiger partial charge in [0.15, 0.2) is 0 Å². The third kappa shape index (κ3) is 5.47. The smallest absolute Gasteiger partial charge is 0.0935 e. The van der Waals surface area contributed by atoms with E-state index in [1.54, 1.807) is 0 Å². The summed E-state index contributed by atoms with van der Waals surface area (Å²) in [7, 11) is 0. The largest absolute Gasteiger partial charge is 0.374 e. The second-order valence-electron chi connectivity index (χ2n) is 6.07. The Hall–Kier alpha value is -1.68. The van der Waals surface area contributed by atoms with E-state index in [4.69, 9.17) is 9.47 Å². The maximum absolute atomic E-state index is 5.94. The number of hydrogen-bond acceptors (Lipinski definition) is 3. The summed E-state index contributed by atoms with van der Waals surface area (Å²) in [4.78, 5) is 2.47. The molecule has 3 nitrogen and oxygen atoms in total. The van der Waals surface area contributed by atoms with Gasteiger partial charge in [-0.1, -0.05) is 60.7 Å². The van der Waals surface area contributed by atoms with E-state index in [0.717, 1.165) is 32.7 Å². The summed E-state index contributed by atoms with van der Waals surface area (Å²) in [5.41, 5.74) is 2.57. The van der Waals surface area contributed by atoms with E-state index in [9.17, 15) is 0 Å². The Morgan fingerprint density at radius 2 is 1.65 bits per heavy atom. The van der Waals surface area contributed by atoms with Crippen molar-refractivity contribution in [1.82, 2.24) is 4.90 Å². The van der Waals surface area contributed by atoms with Crippen LogP contribution in [0, 0.1) is 0 Å². The van der Waals surface area contributed by atoms with E-state index >= 15 is 0 Å². The van der Waals surface area contributed by atoms with E-state index in [1.165, 1.54) is 11.1 Å². The number of nitrogens with zero attached hydrogens (tertiary/aromatic N) is 1. The van der Waals surface area contributed by atoms with Crippen molar-refractivity contribution >= 4 is 0 Å². The second kappa shape index (κ2) is 8.82. The first-order valence-electron chi connectivity index (χ1n) is 8.40. The van der Waals surface area contributed by atoms with Crippen molar-refractivity contribution < 1.29 is 9.47 Å². The third-order valence-corrected chi connectivity index (χ3v) is 4.10. The first kappa shape index (κ1) is 16.2. The van der Waals surface area contributed by atoms with Crippen LogP contribution in [-0.2, 0) is 22.6 Å². The average Bonchev–Trinajstić information content (AvgIpc) is 2.82. The molecule has 122 valence electrons. The molecule has 2 aromatic carbocycles. The molecule has 0 bridgehead atoms. The lowest BCUT2D eigenvalue weighted by atomic mass is 10.2. The molecule has 1 atom stereocenters. The molecular weight excluding hydrogens is 286 g/mol. The quantitative estimate of drug-likeness (QED) is 0.815. The van der Waals surface area contributed by atoms with Gasteiger partial charge in [-0.3, -0.25) is 4.90 Å². The molecule has 0 N–H and O–H groups in total. The SMILES string of the molecule is c1ccc(COC[C@@H]2CN(Cc3ccccc3)CCCO2)cc1. The molecule has 3 heteroatoms. The number of ether oxygens (including phenoxy) is 2. The number of rotatable bonds is 6. The molecule has 0 amide bonds. The van der Waals surface area contributed by atoms with E-state index in [0.29, 0.717) is 13.2 Å². The van der Waals surface area contributed by atoms with Crippen molar-refractivity contribution in [3.63, 3.8) is 0 Å². The van der Waals surface area contributed by atoms with Crippen molar-refractivity contribution in [2.75, 3.05) is 26.3 Å². The first-order chi connectivity index (χ1) is 11.4. The van der Waals surface area contributed by atoms with Gasteiger partial charge >= 0.3 is 0 Å². The molecular formula is C20H25NO2. The second-order valence-corrected chi connectivity index (χ2v) is 6.07. The number of benzene rings is 2. The zero-order valence-electron chi connectivity index (χ0n) is 13.6. The van der Waals surface area contributed by atoms with Crippen LogP contribution < -0.4 is 0 Å². The molecule has 2 aromatic rings. The van der Waals surface area contributed by atoms with Crippen LogP contribution in [0.25, 0.3) is 0 Å². The van der Waals surface area contributed by atoms with E-state index < -0.39 is 0 Å². The van der Waals surface area contributed by atoms with Crippen LogP contribution >= 0.6 is 0 Å². The fourth-order valence-corrected chi connectivity index (χ4v) is 2.94. The van der Waals surface area contributed by atoms with Gasteiger partial charge in [-0.25, -0.2) is 0 Å². The van der Waals surface area contributed by atoms with Gasteiger partial charge in [0.05, 0.1) is 19.3 Å². The molecule has 0 unspecified atom stereocenters. The van der Waals surface area contributed by atoms with Gasteiger partial charge in [-0.15, -0.1) is 0 Å². The summed E-state index contributed by atoms with van der Waals surface area (Å²) < 4.78 is 11.8. The summed E-state index contributed by atoms with van der Waals surface area (Å²) in [6.45, 7) is 5.14. The Morgan fingerprint density at radius 3 is 2.39 bits per heavy atom. The fraction of sp³-hybridized carbons (Fsp3) is 0.400. The highest BCUT2D eigenvalue weighted by Gasteiger charge is 2.19. The third-order valence-electron chi connectivity index (χ3n) is 4.10. The summed E-state index contributed by atoms with van der Waals surface area (Å²) in [6.07, 6.45) is 1.24. The molecule has 0 saturated carbocycles. The van der Waals surface area contributed by atoms with E-state index in [1.807, 2.05) is 18.2 Å². The normalized spacial score (nSPS) is 19.4. The lowest BCUT2D eigenvalue weighted by molar-refractivity contribution is -0.0219.